The third kappa shape index (κ3) is 3.56. The molecule has 7 heteroatoms. The number of nitrogens with zero attached hydrogens (tertiary/aromatic N) is 3. The smallest absolute Gasteiger partial charge is 0.327 e. The molecule has 0 spiro atoms. The molecule has 2 N–H and O–H groups in total. The van der Waals surface area contributed by atoms with E-state index in [1.165, 1.54) is 0 Å². The van der Waals surface area contributed by atoms with E-state index in [0.29, 0.717) is 24.6 Å². The number of hydrogen-bond donors (Lipinski definition) is 2. The van der Waals surface area contributed by atoms with Gasteiger partial charge in [0.1, 0.15) is 5.82 Å². The van der Waals surface area contributed by atoms with E-state index in [2.05, 4.69) is 35.6 Å². The molecule has 1 atom stereocenters. The standard InChI is InChI=1S/C14H23ClN4O2/c1-9-16-10(12(15)17-9)11(13(20)21)18-5-7-19(8-6-18)14(2,3)4/h11H,5-8H2,1-4H3,(H,16,17)(H,20,21). The molecule has 21 heavy (non-hydrogen) atoms. The van der Waals surface area contributed by atoms with Gasteiger partial charge in [0, 0.05) is 31.7 Å². The van der Waals surface area contributed by atoms with Crippen molar-refractivity contribution in [2.75, 3.05) is 26.2 Å². The summed E-state index contributed by atoms with van der Waals surface area (Å²) in [6.07, 6.45) is 0. The van der Waals surface area contributed by atoms with Gasteiger partial charge in [-0.1, -0.05) is 11.6 Å². The summed E-state index contributed by atoms with van der Waals surface area (Å²) in [5.74, 6) is -0.265. The lowest BCUT2D eigenvalue weighted by molar-refractivity contribution is -0.144. The number of hydrogen-bond acceptors (Lipinski definition) is 4. The first-order valence-corrected chi connectivity index (χ1v) is 7.52. The summed E-state index contributed by atoms with van der Waals surface area (Å²) in [5.41, 5.74) is 0.582. The normalized spacial score (nSPS) is 19.7. The number of aromatic nitrogens is 2. The van der Waals surface area contributed by atoms with Crippen molar-refractivity contribution in [1.29, 1.82) is 0 Å². The lowest BCUT2D eigenvalue weighted by atomic mass is 10.0. The topological polar surface area (TPSA) is 72.5 Å². The Morgan fingerprint density at radius 3 is 2.29 bits per heavy atom. The fourth-order valence-corrected chi connectivity index (χ4v) is 3.05. The lowest BCUT2D eigenvalue weighted by Gasteiger charge is -2.43. The van der Waals surface area contributed by atoms with E-state index in [4.69, 9.17) is 11.6 Å². The van der Waals surface area contributed by atoms with Gasteiger partial charge in [-0.05, 0) is 27.7 Å². The number of nitrogens with one attached hydrogen (secondary N) is 1. The predicted molar refractivity (Wildman–Crippen MR) is 81.6 cm³/mol. The summed E-state index contributed by atoms with van der Waals surface area (Å²) in [6.45, 7) is 11.4. The Balaban J connectivity index is 2.15. The first-order chi connectivity index (χ1) is 9.70. The summed E-state index contributed by atoms with van der Waals surface area (Å²) < 4.78 is 0. The number of carboxylic acid groups (broad SMARTS) is 1. The Bertz CT molecular complexity index is 516. The van der Waals surface area contributed by atoms with E-state index in [1.807, 2.05) is 4.90 Å². The molecule has 0 bridgehead atoms. The maximum absolute atomic E-state index is 11.7. The number of piperazine rings is 1. The number of H-pyrrole nitrogens is 1. The van der Waals surface area contributed by atoms with Crippen LogP contribution in [0.3, 0.4) is 0 Å². The molecule has 1 fully saturated rings. The van der Waals surface area contributed by atoms with E-state index in [9.17, 15) is 9.90 Å². The Hall–Kier alpha value is -1.11. The van der Waals surface area contributed by atoms with Gasteiger partial charge in [-0.3, -0.25) is 14.6 Å². The Morgan fingerprint density at radius 2 is 1.90 bits per heavy atom. The molecule has 1 aromatic heterocycles. The fraction of sp³-hybridized carbons (Fsp3) is 0.714. The van der Waals surface area contributed by atoms with E-state index in [-0.39, 0.29) is 10.7 Å². The van der Waals surface area contributed by atoms with Gasteiger partial charge >= 0.3 is 5.97 Å². The van der Waals surface area contributed by atoms with Gasteiger partial charge in [-0.2, -0.15) is 0 Å². The summed E-state index contributed by atoms with van der Waals surface area (Å²) in [5, 5.41) is 9.83. The molecule has 0 radical (unpaired) electrons. The molecule has 0 saturated carbocycles. The lowest BCUT2D eigenvalue weighted by Crippen LogP contribution is -2.54. The number of carboxylic acids is 1. The van der Waals surface area contributed by atoms with Gasteiger partial charge in [-0.25, -0.2) is 4.98 Å². The number of aromatic amines is 1. The van der Waals surface area contributed by atoms with Crippen molar-refractivity contribution in [1.82, 2.24) is 19.8 Å². The van der Waals surface area contributed by atoms with Crippen LogP contribution in [0.1, 0.15) is 38.3 Å². The minimum atomic E-state index is -0.898. The van der Waals surface area contributed by atoms with Gasteiger partial charge in [0.15, 0.2) is 11.2 Å². The minimum absolute atomic E-state index is 0.104. The number of aryl methyl sites for hydroxylation is 1. The van der Waals surface area contributed by atoms with E-state index in [0.717, 1.165) is 13.1 Å². The minimum Gasteiger partial charge on any atom is -0.480 e. The van der Waals surface area contributed by atoms with Crippen LogP contribution < -0.4 is 0 Å². The predicted octanol–water partition coefficient (Wildman–Crippen LogP) is 1.91. The molecule has 1 aliphatic rings. The number of aliphatic carboxylic acids is 1. The summed E-state index contributed by atoms with van der Waals surface area (Å²) in [7, 11) is 0. The van der Waals surface area contributed by atoms with Crippen LogP contribution in [0.15, 0.2) is 0 Å². The van der Waals surface area contributed by atoms with Crippen molar-refractivity contribution in [3.63, 3.8) is 0 Å². The van der Waals surface area contributed by atoms with Crippen molar-refractivity contribution in [3.8, 4) is 0 Å². The largest absolute Gasteiger partial charge is 0.480 e. The van der Waals surface area contributed by atoms with Crippen molar-refractivity contribution in [2.45, 2.75) is 39.3 Å². The van der Waals surface area contributed by atoms with Crippen molar-refractivity contribution in [3.05, 3.63) is 16.7 Å². The fourth-order valence-electron chi connectivity index (χ4n) is 2.78. The van der Waals surface area contributed by atoms with Crippen molar-refractivity contribution >= 4 is 17.6 Å². The SMILES string of the molecule is Cc1nc(Cl)c(C(C(=O)O)N2CCN(C(C)(C)C)CC2)[nH]1. The zero-order valence-corrected chi connectivity index (χ0v) is 13.7. The number of imidazole rings is 1. The number of carbonyl (C=O) groups is 1. The highest BCUT2D eigenvalue weighted by molar-refractivity contribution is 6.30. The maximum Gasteiger partial charge on any atom is 0.327 e. The number of rotatable bonds is 3. The van der Waals surface area contributed by atoms with Gasteiger partial charge in [0.05, 0.1) is 5.69 Å². The average Bonchev–Trinajstić information content (AvgIpc) is 2.68. The van der Waals surface area contributed by atoms with Crippen LogP contribution in [0.2, 0.25) is 5.15 Å². The zero-order chi connectivity index (χ0) is 15.8. The van der Waals surface area contributed by atoms with E-state index >= 15 is 0 Å². The first-order valence-electron chi connectivity index (χ1n) is 7.14. The quantitative estimate of drug-likeness (QED) is 0.891. The highest BCUT2D eigenvalue weighted by Gasteiger charge is 2.35. The third-order valence-electron chi connectivity index (χ3n) is 3.94. The van der Waals surface area contributed by atoms with Gasteiger partial charge < -0.3 is 10.1 Å². The monoisotopic (exact) mass is 314 g/mol. The van der Waals surface area contributed by atoms with Gasteiger partial charge in [0.2, 0.25) is 0 Å². The molecule has 0 amide bonds. The van der Waals surface area contributed by atoms with E-state index < -0.39 is 12.0 Å². The van der Waals surface area contributed by atoms with Crippen LogP contribution in [0.25, 0.3) is 0 Å². The van der Waals surface area contributed by atoms with Crippen LogP contribution in [-0.4, -0.2) is 62.6 Å². The molecule has 0 aliphatic carbocycles. The second-order valence-corrected chi connectivity index (χ2v) is 6.82. The van der Waals surface area contributed by atoms with Gasteiger partial charge in [-0.15, -0.1) is 0 Å². The molecule has 1 aliphatic heterocycles. The molecular weight excluding hydrogens is 292 g/mol. The average molecular weight is 315 g/mol. The maximum atomic E-state index is 11.7. The highest BCUT2D eigenvalue weighted by atomic mass is 35.5. The highest BCUT2D eigenvalue weighted by Crippen LogP contribution is 2.28. The molecule has 0 aromatic carbocycles. The second-order valence-electron chi connectivity index (χ2n) is 6.46. The van der Waals surface area contributed by atoms with Crippen LogP contribution >= 0.6 is 11.6 Å². The second kappa shape index (κ2) is 5.94. The molecule has 6 nitrogen and oxygen atoms in total. The van der Waals surface area contributed by atoms with Crippen LogP contribution in [-0.2, 0) is 4.79 Å². The van der Waals surface area contributed by atoms with Crippen LogP contribution in [0.4, 0.5) is 0 Å². The molecule has 1 aromatic rings. The molecule has 1 unspecified atom stereocenters. The molecule has 2 heterocycles. The van der Waals surface area contributed by atoms with Gasteiger partial charge in [0.25, 0.3) is 0 Å². The van der Waals surface area contributed by atoms with Crippen LogP contribution in [0.5, 0.6) is 0 Å². The Morgan fingerprint density at radius 1 is 1.33 bits per heavy atom. The van der Waals surface area contributed by atoms with E-state index in [1.54, 1.807) is 6.92 Å². The Kier molecular flexibility index (Phi) is 4.60. The van der Waals surface area contributed by atoms with Crippen molar-refractivity contribution in [2.24, 2.45) is 0 Å². The first kappa shape index (κ1) is 16.3. The summed E-state index contributed by atoms with van der Waals surface area (Å²) >= 11 is 6.06. The summed E-state index contributed by atoms with van der Waals surface area (Å²) in [4.78, 5) is 23.0. The molecule has 118 valence electrons. The van der Waals surface area contributed by atoms with Crippen molar-refractivity contribution < 1.29 is 9.90 Å². The summed E-state index contributed by atoms with van der Waals surface area (Å²) in [6, 6.07) is -0.763. The number of halogens is 1. The third-order valence-corrected chi connectivity index (χ3v) is 4.23. The zero-order valence-electron chi connectivity index (χ0n) is 13.0. The molecule has 1 saturated heterocycles. The molecule has 2 rings (SSSR count). The molecular formula is C14H23ClN4O2. The van der Waals surface area contributed by atoms with Crippen LogP contribution in [0, 0.1) is 6.92 Å². The Labute approximate surface area is 130 Å².